The predicted octanol–water partition coefficient (Wildman–Crippen LogP) is 5.67. The topological polar surface area (TPSA) is 99.6 Å². The number of non-ortho nitro benzene ring substituents is 1. The summed E-state index contributed by atoms with van der Waals surface area (Å²) in [6, 6.07) is 17.8. The summed E-state index contributed by atoms with van der Waals surface area (Å²) in [6.45, 7) is 3.37. The average molecular weight is 505 g/mol. The van der Waals surface area contributed by atoms with Gasteiger partial charge in [0.15, 0.2) is 4.80 Å². The molecule has 0 spiro atoms. The number of thiophene rings is 1. The molecule has 10 heteroatoms. The van der Waals surface area contributed by atoms with E-state index in [-0.39, 0.29) is 5.69 Å². The van der Waals surface area contributed by atoms with Crippen molar-refractivity contribution < 1.29 is 14.5 Å². The first-order valence-corrected chi connectivity index (χ1v) is 12.6. The van der Waals surface area contributed by atoms with E-state index in [0.29, 0.717) is 46.0 Å². The first kappa shape index (κ1) is 23.0. The molecule has 1 amide bonds. The Morgan fingerprint density at radius 2 is 2.03 bits per heavy atom. The van der Waals surface area contributed by atoms with Crippen LogP contribution in [-0.4, -0.2) is 33.6 Å². The number of carbonyl (C=O) groups is 1. The molecule has 0 aliphatic heterocycles. The van der Waals surface area contributed by atoms with Gasteiger partial charge in [-0.3, -0.25) is 14.9 Å². The lowest BCUT2D eigenvalue weighted by atomic mass is 10.1. The largest absolute Gasteiger partial charge is 0.380 e. The molecule has 0 N–H and O–H groups in total. The van der Waals surface area contributed by atoms with Crippen LogP contribution < -0.4 is 4.80 Å². The summed E-state index contributed by atoms with van der Waals surface area (Å²) in [5, 5.41) is 14.0. The van der Waals surface area contributed by atoms with Gasteiger partial charge in [-0.1, -0.05) is 35.6 Å². The molecule has 0 unspecified atom stereocenters. The third-order valence-corrected chi connectivity index (χ3v) is 7.39. The van der Waals surface area contributed by atoms with E-state index in [2.05, 4.69) is 4.99 Å². The van der Waals surface area contributed by atoms with E-state index >= 15 is 0 Å². The Morgan fingerprint density at radius 3 is 2.80 bits per heavy atom. The number of para-hydroxylation sites is 1. The van der Waals surface area contributed by atoms with E-state index in [1.54, 1.807) is 23.5 Å². The molecule has 0 fully saturated rings. The van der Waals surface area contributed by atoms with Crippen molar-refractivity contribution in [3.63, 3.8) is 0 Å². The third kappa shape index (κ3) is 4.63. The summed E-state index contributed by atoms with van der Waals surface area (Å²) in [5.74, 6) is -0.396. The molecule has 0 aliphatic carbocycles. The van der Waals surface area contributed by atoms with Crippen molar-refractivity contribution in [2.24, 2.45) is 4.99 Å². The summed E-state index contributed by atoms with van der Waals surface area (Å²) in [4.78, 5) is 35.0. The fourth-order valence-electron chi connectivity index (χ4n) is 3.83. The summed E-state index contributed by atoms with van der Waals surface area (Å²) < 4.78 is 8.08. The number of pyridine rings is 1. The van der Waals surface area contributed by atoms with E-state index in [4.69, 9.17) is 9.72 Å². The van der Waals surface area contributed by atoms with Crippen molar-refractivity contribution >= 4 is 55.4 Å². The molecule has 8 nitrogen and oxygen atoms in total. The third-order valence-electron chi connectivity index (χ3n) is 5.46. The Morgan fingerprint density at radius 1 is 1.17 bits per heavy atom. The van der Waals surface area contributed by atoms with Crippen LogP contribution >= 0.6 is 22.7 Å². The number of ether oxygens (including phenoxy) is 1. The van der Waals surface area contributed by atoms with Crippen molar-refractivity contribution in [1.82, 2.24) is 9.55 Å². The minimum Gasteiger partial charge on any atom is -0.380 e. The number of aromatic nitrogens is 2. The summed E-state index contributed by atoms with van der Waals surface area (Å²) >= 11 is 2.80. The van der Waals surface area contributed by atoms with Crippen LogP contribution in [0.15, 0.2) is 71.0 Å². The maximum atomic E-state index is 13.5. The highest BCUT2D eigenvalue weighted by Gasteiger charge is 2.16. The van der Waals surface area contributed by atoms with Gasteiger partial charge in [0.1, 0.15) is 0 Å². The van der Waals surface area contributed by atoms with Crippen LogP contribution in [0.25, 0.3) is 31.7 Å². The van der Waals surface area contributed by atoms with E-state index in [1.807, 2.05) is 53.3 Å². The number of fused-ring (bicyclic) bond motifs is 2. The first-order valence-electron chi connectivity index (χ1n) is 10.9. The van der Waals surface area contributed by atoms with Crippen LogP contribution in [0.2, 0.25) is 0 Å². The van der Waals surface area contributed by atoms with Gasteiger partial charge < -0.3 is 9.30 Å². The fraction of sp³-hybridized carbons (Fsp3) is 0.160. The lowest BCUT2D eigenvalue weighted by Gasteiger charge is -2.07. The molecule has 3 aromatic heterocycles. The van der Waals surface area contributed by atoms with Gasteiger partial charge in [-0.25, -0.2) is 4.98 Å². The van der Waals surface area contributed by atoms with Gasteiger partial charge in [0.05, 0.1) is 43.4 Å². The molecule has 0 aliphatic rings. The molecule has 3 heterocycles. The molecular weight excluding hydrogens is 484 g/mol. The molecule has 5 aromatic rings. The highest BCUT2D eigenvalue weighted by molar-refractivity contribution is 7.16. The maximum absolute atomic E-state index is 13.5. The van der Waals surface area contributed by atoms with Gasteiger partial charge in [-0.05, 0) is 36.6 Å². The number of amides is 1. The monoisotopic (exact) mass is 504 g/mol. The normalized spacial score (nSPS) is 12.0. The van der Waals surface area contributed by atoms with Crippen LogP contribution in [0.5, 0.6) is 0 Å². The number of hydrogen-bond donors (Lipinski definition) is 0. The molecule has 2 aromatic carbocycles. The SMILES string of the molecule is CCOCCn1c(=NC(=O)c2cc(-c3cccs3)nc3ccccc23)sc2cc([N+](=O)[O-])ccc21. The van der Waals surface area contributed by atoms with Crippen molar-refractivity contribution in [3.8, 4) is 10.6 Å². The van der Waals surface area contributed by atoms with Gasteiger partial charge in [0.25, 0.3) is 11.6 Å². The van der Waals surface area contributed by atoms with Crippen LogP contribution in [-0.2, 0) is 11.3 Å². The van der Waals surface area contributed by atoms with Crippen LogP contribution in [0.4, 0.5) is 5.69 Å². The minimum absolute atomic E-state index is 0.00528. The number of benzene rings is 2. The van der Waals surface area contributed by atoms with E-state index < -0.39 is 10.8 Å². The molecule has 0 saturated heterocycles. The van der Waals surface area contributed by atoms with Gasteiger partial charge in [-0.15, -0.1) is 11.3 Å². The van der Waals surface area contributed by atoms with Crippen molar-refractivity contribution in [3.05, 3.63) is 86.5 Å². The zero-order valence-corrected chi connectivity index (χ0v) is 20.3. The van der Waals surface area contributed by atoms with Crippen LogP contribution in [0, 0.1) is 10.1 Å². The second-order valence-corrected chi connectivity index (χ2v) is 9.57. The number of rotatable bonds is 7. The minimum atomic E-state index is -0.430. The first-order chi connectivity index (χ1) is 17.0. The van der Waals surface area contributed by atoms with E-state index in [9.17, 15) is 14.9 Å². The molecule has 0 saturated carbocycles. The quantitative estimate of drug-likeness (QED) is 0.162. The van der Waals surface area contributed by atoms with Gasteiger partial charge in [-0.2, -0.15) is 4.99 Å². The Balaban J connectivity index is 1.66. The number of nitro groups is 1. The highest BCUT2D eigenvalue weighted by atomic mass is 32.1. The molecule has 5 rings (SSSR count). The lowest BCUT2D eigenvalue weighted by molar-refractivity contribution is -0.384. The van der Waals surface area contributed by atoms with Crippen molar-refractivity contribution in [2.75, 3.05) is 13.2 Å². The zero-order chi connectivity index (χ0) is 24.4. The van der Waals surface area contributed by atoms with Gasteiger partial charge in [0.2, 0.25) is 0 Å². The Kier molecular flexibility index (Phi) is 6.49. The fourth-order valence-corrected chi connectivity index (χ4v) is 5.60. The molecule has 35 heavy (non-hydrogen) atoms. The lowest BCUT2D eigenvalue weighted by Crippen LogP contribution is -2.20. The number of carbonyl (C=O) groups excluding carboxylic acids is 1. The molecule has 0 radical (unpaired) electrons. The Bertz CT molecular complexity index is 1620. The van der Waals surface area contributed by atoms with Gasteiger partial charge in [0, 0.05) is 30.7 Å². The van der Waals surface area contributed by atoms with E-state index in [0.717, 1.165) is 15.8 Å². The van der Waals surface area contributed by atoms with Crippen LogP contribution in [0.1, 0.15) is 17.3 Å². The second-order valence-electron chi connectivity index (χ2n) is 7.61. The van der Waals surface area contributed by atoms with Gasteiger partial charge >= 0.3 is 0 Å². The number of hydrogen-bond acceptors (Lipinski definition) is 7. The Labute approximate surface area is 207 Å². The molecule has 0 atom stereocenters. The zero-order valence-electron chi connectivity index (χ0n) is 18.7. The van der Waals surface area contributed by atoms with E-state index in [1.165, 1.54) is 23.5 Å². The molecule has 176 valence electrons. The Hall–Kier alpha value is -3.73. The summed E-state index contributed by atoms with van der Waals surface area (Å²) in [6.07, 6.45) is 0. The number of nitrogens with zero attached hydrogens (tertiary/aromatic N) is 4. The number of nitro benzene ring substituents is 1. The highest BCUT2D eigenvalue weighted by Crippen LogP contribution is 2.28. The maximum Gasteiger partial charge on any atom is 0.280 e. The molecular formula is C25H20N4O4S2. The number of thiazole rings is 1. The predicted molar refractivity (Wildman–Crippen MR) is 138 cm³/mol. The summed E-state index contributed by atoms with van der Waals surface area (Å²) in [5.41, 5.74) is 2.65. The van der Waals surface area contributed by atoms with Crippen molar-refractivity contribution in [2.45, 2.75) is 13.5 Å². The molecule has 0 bridgehead atoms. The van der Waals surface area contributed by atoms with Crippen LogP contribution in [0.3, 0.4) is 0 Å². The smallest absolute Gasteiger partial charge is 0.280 e. The standard InChI is InChI=1S/C25H20N4O4S2/c1-2-33-12-11-28-21-10-9-16(29(31)32)14-23(21)35-25(28)27-24(30)18-15-20(22-8-5-13-34-22)26-19-7-4-3-6-17(18)19/h3-10,13-15H,2,11-12H2,1H3. The van der Waals surface area contributed by atoms with Crippen molar-refractivity contribution in [1.29, 1.82) is 0 Å². The second kappa shape index (κ2) is 9.87. The summed E-state index contributed by atoms with van der Waals surface area (Å²) in [7, 11) is 0. The average Bonchev–Trinajstić information content (AvgIpc) is 3.51.